The summed E-state index contributed by atoms with van der Waals surface area (Å²) < 4.78 is 13.7. The zero-order chi connectivity index (χ0) is 19.0. The van der Waals surface area contributed by atoms with Gasteiger partial charge >= 0.3 is 5.69 Å². The topological polar surface area (TPSA) is 76.6 Å². The minimum absolute atomic E-state index is 0.259. The van der Waals surface area contributed by atoms with E-state index < -0.39 is 11.5 Å². The summed E-state index contributed by atoms with van der Waals surface area (Å²) in [6.45, 7) is 2.57. The standard InChI is InChI=1S/C19H22BrN3O4/c1-22-17(24)15(12-13-2-4-14(20)5-3-13)16(21-18(22)25)23-8-6-19(7-9-23)26-10-11-27-19/h2-5H,6-12H2,1H3,(H,21,25). The van der Waals surface area contributed by atoms with Gasteiger partial charge in [0.15, 0.2) is 5.79 Å². The maximum atomic E-state index is 12.8. The van der Waals surface area contributed by atoms with Crippen molar-refractivity contribution in [2.75, 3.05) is 31.2 Å². The van der Waals surface area contributed by atoms with Crippen LogP contribution in [0.3, 0.4) is 0 Å². The van der Waals surface area contributed by atoms with Crippen LogP contribution in [0.1, 0.15) is 24.0 Å². The normalized spacial score (nSPS) is 19.0. The Hall–Kier alpha value is -1.90. The Labute approximate surface area is 165 Å². The van der Waals surface area contributed by atoms with E-state index >= 15 is 0 Å². The van der Waals surface area contributed by atoms with Crippen molar-refractivity contribution in [1.29, 1.82) is 0 Å². The molecule has 0 unspecified atom stereocenters. The molecule has 2 aliphatic heterocycles. The van der Waals surface area contributed by atoms with Gasteiger partial charge in [0, 0.05) is 43.9 Å². The number of hydrogen-bond acceptors (Lipinski definition) is 5. The second kappa shape index (κ2) is 7.26. The lowest BCUT2D eigenvalue weighted by Crippen LogP contribution is -2.47. The molecule has 0 bridgehead atoms. The first kappa shape index (κ1) is 18.5. The molecular weight excluding hydrogens is 414 g/mol. The Morgan fingerprint density at radius 1 is 1.11 bits per heavy atom. The molecule has 2 saturated heterocycles. The first-order valence-electron chi connectivity index (χ1n) is 9.07. The molecule has 4 rings (SSSR count). The molecule has 144 valence electrons. The molecule has 2 aliphatic rings. The molecule has 1 aromatic carbocycles. The van der Waals surface area contributed by atoms with Crippen molar-refractivity contribution in [2.24, 2.45) is 7.05 Å². The second-order valence-corrected chi connectivity index (χ2v) is 7.94. The van der Waals surface area contributed by atoms with Gasteiger partial charge in [0.2, 0.25) is 0 Å². The van der Waals surface area contributed by atoms with Gasteiger partial charge in [-0.1, -0.05) is 28.1 Å². The number of anilines is 1. The van der Waals surface area contributed by atoms with Crippen LogP contribution in [-0.4, -0.2) is 41.6 Å². The quantitative estimate of drug-likeness (QED) is 0.794. The van der Waals surface area contributed by atoms with Gasteiger partial charge in [-0.2, -0.15) is 0 Å². The molecule has 1 aromatic heterocycles. The van der Waals surface area contributed by atoms with E-state index in [9.17, 15) is 9.59 Å². The molecule has 2 fully saturated rings. The molecule has 1 spiro atoms. The van der Waals surface area contributed by atoms with Gasteiger partial charge in [-0.15, -0.1) is 0 Å². The number of hydrogen-bond donors (Lipinski definition) is 1. The minimum atomic E-state index is -0.498. The summed E-state index contributed by atoms with van der Waals surface area (Å²) in [5.41, 5.74) is 0.955. The van der Waals surface area contributed by atoms with Crippen LogP contribution < -0.4 is 16.1 Å². The third kappa shape index (κ3) is 3.61. The van der Waals surface area contributed by atoms with E-state index in [0.717, 1.165) is 14.6 Å². The molecule has 2 aromatic rings. The summed E-state index contributed by atoms with van der Waals surface area (Å²) >= 11 is 3.43. The Morgan fingerprint density at radius 3 is 2.37 bits per heavy atom. The van der Waals surface area contributed by atoms with E-state index in [-0.39, 0.29) is 5.56 Å². The summed E-state index contributed by atoms with van der Waals surface area (Å²) in [6, 6.07) is 7.85. The lowest BCUT2D eigenvalue weighted by atomic mass is 10.0. The highest BCUT2D eigenvalue weighted by molar-refractivity contribution is 9.10. The molecule has 8 heteroatoms. The zero-order valence-electron chi connectivity index (χ0n) is 15.2. The van der Waals surface area contributed by atoms with Crippen LogP contribution in [0, 0.1) is 0 Å². The lowest BCUT2D eigenvalue weighted by Gasteiger charge is -2.38. The molecule has 27 heavy (non-hydrogen) atoms. The van der Waals surface area contributed by atoms with Crippen molar-refractivity contribution >= 4 is 21.7 Å². The fraction of sp³-hybridized carbons (Fsp3) is 0.474. The van der Waals surface area contributed by atoms with Gasteiger partial charge in [0.25, 0.3) is 5.56 Å². The van der Waals surface area contributed by atoms with Gasteiger partial charge in [-0.3, -0.25) is 14.3 Å². The second-order valence-electron chi connectivity index (χ2n) is 7.02. The van der Waals surface area contributed by atoms with E-state index in [1.165, 1.54) is 7.05 Å². The number of halogens is 1. The third-order valence-corrected chi connectivity index (χ3v) is 5.86. The SMILES string of the molecule is Cn1c(=O)[nH]c(N2CCC3(CC2)OCCO3)c(Cc2ccc(Br)cc2)c1=O. The molecule has 0 saturated carbocycles. The van der Waals surface area contributed by atoms with Crippen LogP contribution in [0.25, 0.3) is 0 Å². The molecular formula is C19H22BrN3O4. The van der Waals surface area contributed by atoms with Crippen LogP contribution in [0.2, 0.25) is 0 Å². The van der Waals surface area contributed by atoms with Crippen molar-refractivity contribution in [1.82, 2.24) is 9.55 Å². The summed E-state index contributed by atoms with van der Waals surface area (Å²) in [5, 5.41) is 0. The van der Waals surface area contributed by atoms with Crippen LogP contribution >= 0.6 is 15.9 Å². The van der Waals surface area contributed by atoms with Gasteiger partial charge < -0.3 is 14.4 Å². The number of rotatable bonds is 3. The van der Waals surface area contributed by atoms with Gasteiger partial charge in [-0.25, -0.2) is 4.79 Å². The highest BCUT2D eigenvalue weighted by Gasteiger charge is 2.40. The number of piperidine rings is 1. The lowest BCUT2D eigenvalue weighted by molar-refractivity contribution is -0.169. The Kier molecular flexibility index (Phi) is 4.96. The molecule has 0 amide bonds. The Balaban J connectivity index is 1.66. The smallest absolute Gasteiger partial charge is 0.329 e. The fourth-order valence-corrected chi connectivity index (χ4v) is 4.01. The van der Waals surface area contributed by atoms with Crippen LogP contribution in [0.15, 0.2) is 38.3 Å². The maximum absolute atomic E-state index is 12.8. The van der Waals surface area contributed by atoms with Crippen LogP contribution in [-0.2, 0) is 22.9 Å². The minimum Gasteiger partial charge on any atom is -0.357 e. The van der Waals surface area contributed by atoms with Gasteiger partial charge in [0.05, 0.1) is 18.8 Å². The summed E-state index contributed by atoms with van der Waals surface area (Å²) in [4.78, 5) is 30.0. The van der Waals surface area contributed by atoms with Gasteiger partial charge in [-0.05, 0) is 17.7 Å². The number of ether oxygens (including phenoxy) is 2. The molecule has 1 N–H and O–H groups in total. The Morgan fingerprint density at radius 2 is 1.74 bits per heavy atom. The predicted octanol–water partition coefficient (Wildman–Crippen LogP) is 1.77. The molecule has 0 aliphatic carbocycles. The van der Waals surface area contributed by atoms with Crippen molar-refractivity contribution in [3.8, 4) is 0 Å². The highest BCUT2D eigenvalue weighted by atomic mass is 79.9. The number of nitrogens with zero attached hydrogens (tertiary/aromatic N) is 2. The fourth-order valence-electron chi connectivity index (χ4n) is 3.75. The van der Waals surface area contributed by atoms with Crippen LogP contribution in [0.4, 0.5) is 5.82 Å². The van der Waals surface area contributed by atoms with Crippen molar-refractivity contribution < 1.29 is 9.47 Å². The maximum Gasteiger partial charge on any atom is 0.329 e. The number of benzene rings is 1. The van der Waals surface area contributed by atoms with Crippen molar-refractivity contribution in [3.63, 3.8) is 0 Å². The first-order valence-corrected chi connectivity index (χ1v) is 9.86. The zero-order valence-corrected chi connectivity index (χ0v) is 16.8. The summed E-state index contributed by atoms with van der Waals surface area (Å²) in [6.07, 6.45) is 1.88. The van der Waals surface area contributed by atoms with Gasteiger partial charge in [0.1, 0.15) is 5.82 Å². The third-order valence-electron chi connectivity index (χ3n) is 5.33. The van der Waals surface area contributed by atoms with E-state index in [2.05, 4.69) is 25.8 Å². The van der Waals surface area contributed by atoms with Crippen LogP contribution in [0.5, 0.6) is 0 Å². The average Bonchev–Trinajstić information content (AvgIpc) is 3.12. The Bertz CT molecular complexity index is 935. The monoisotopic (exact) mass is 435 g/mol. The predicted molar refractivity (Wildman–Crippen MR) is 105 cm³/mol. The molecule has 0 atom stereocenters. The van der Waals surface area contributed by atoms with E-state index in [1.54, 1.807) is 0 Å². The summed E-state index contributed by atoms with van der Waals surface area (Å²) in [7, 11) is 1.50. The largest absolute Gasteiger partial charge is 0.357 e. The van der Waals surface area contributed by atoms with Crippen molar-refractivity contribution in [3.05, 3.63) is 60.7 Å². The number of H-pyrrole nitrogens is 1. The number of aromatic amines is 1. The molecule has 0 radical (unpaired) electrons. The highest BCUT2D eigenvalue weighted by Crippen LogP contribution is 2.33. The summed E-state index contributed by atoms with van der Waals surface area (Å²) in [5.74, 6) is 0.112. The van der Waals surface area contributed by atoms with E-state index in [1.807, 2.05) is 24.3 Å². The number of nitrogens with one attached hydrogen (secondary N) is 1. The molecule has 7 nitrogen and oxygen atoms in total. The van der Waals surface area contributed by atoms with Crippen molar-refractivity contribution in [2.45, 2.75) is 25.0 Å². The van der Waals surface area contributed by atoms with E-state index in [4.69, 9.17) is 9.47 Å². The first-order chi connectivity index (χ1) is 13.0. The van der Waals surface area contributed by atoms with E-state index in [0.29, 0.717) is 56.9 Å². The molecule has 3 heterocycles. The number of aromatic nitrogens is 2. The average molecular weight is 436 g/mol.